The summed E-state index contributed by atoms with van der Waals surface area (Å²) in [6.45, 7) is 6.12. The van der Waals surface area contributed by atoms with Crippen LogP contribution in [0.15, 0.2) is 24.3 Å². The number of aryl methyl sites for hydroxylation is 1. The van der Waals surface area contributed by atoms with Gasteiger partial charge in [-0.3, -0.25) is 4.79 Å². The normalized spacial score (nSPS) is 14.2. The third-order valence-corrected chi connectivity index (χ3v) is 3.76. The topological polar surface area (TPSA) is 29.1 Å². The monoisotopic (exact) mass is 283 g/mol. The van der Waals surface area contributed by atoms with E-state index in [1.807, 2.05) is 38.1 Å². The highest BCUT2D eigenvalue weighted by molar-refractivity contribution is 9.09. The molecule has 0 radical (unpaired) electrons. The zero-order valence-electron chi connectivity index (χ0n) is 9.96. The van der Waals surface area contributed by atoms with Crippen molar-refractivity contribution in [1.82, 2.24) is 5.32 Å². The summed E-state index contributed by atoms with van der Waals surface area (Å²) in [4.78, 5) is 11.9. The minimum atomic E-state index is 0.00370. The third-order valence-electron chi connectivity index (χ3n) is 2.74. The second-order valence-electron chi connectivity index (χ2n) is 4.26. The van der Waals surface area contributed by atoms with Crippen LogP contribution in [0.25, 0.3) is 0 Å². The number of halogens is 1. The molecule has 0 spiro atoms. The summed E-state index contributed by atoms with van der Waals surface area (Å²) in [5.74, 6) is 0.428. The largest absolute Gasteiger partial charge is 0.349 e. The highest BCUT2D eigenvalue weighted by Crippen LogP contribution is 2.08. The minimum absolute atomic E-state index is 0.00370. The summed E-state index contributed by atoms with van der Waals surface area (Å²) in [5, 5.41) is 3.90. The summed E-state index contributed by atoms with van der Waals surface area (Å²) < 4.78 is 0. The van der Waals surface area contributed by atoms with E-state index in [0.717, 1.165) is 16.5 Å². The van der Waals surface area contributed by atoms with Crippen molar-refractivity contribution in [3.63, 3.8) is 0 Å². The van der Waals surface area contributed by atoms with Gasteiger partial charge in [-0.1, -0.05) is 40.5 Å². The summed E-state index contributed by atoms with van der Waals surface area (Å²) in [7, 11) is 0. The van der Waals surface area contributed by atoms with Crippen LogP contribution >= 0.6 is 15.9 Å². The molecule has 2 atom stereocenters. The summed E-state index contributed by atoms with van der Waals surface area (Å²) in [6.07, 6.45) is 0. The van der Waals surface area contributed by atoms with E-state index in [1.54, 1.807) is 0 Å². The Morgan fingerprint density at radius 3 is 2.69 bits per heavy atom. The van der Waals surface area contributed by atoms with E-state index in [1.165, 1.54) is 0 Å². The number of hydrogen-bond donors (Lipinski definition) is 1. The number of alkyl halides is 1. The number of carbonyl (C=O) groups excluding carboxylic acids is 1. The molecule has 2 nitrogen and oxygen atoms in total. The summed E-state index contributed by atoms with van der Waals surface area (Å²) in [5.41, 5.74) is 1.84. The Bertz CT molecular complexity index is 365. The van der Waals surface area contributed by atoms with Crippen LogP contribution in [0.3, 0.4) is 0 Å². The van der Waals surface area contributed by atoms with Crippen LogP contribution in [0, 0.1) is 12.8 Å². The first-order valence-electron chi connectivity index (χ1n) is 5.48. The molecule has 1 rings (SSSR count). The first-order chi connectivity index (χ1) is 7.54. The van der Waals surface area contributed by atoms with Crippen LogP contribution in [0.5, 0.6) is 0 Å². The fourth-order valence-electron chi connectivity index (χ4n) is 1.35. The van der Waals surface area contributed by atoms with Gasteiger partial charge in [0.2, 0.25) is 0 Å². The van der Waals surface area contributed by atoms with E-state index >= 15 is 0 Å². The molecule has 1 aromatic rings. The number of hydrogen-bond acceptors (Lipinski definition) is 1. The zero-order chi connectivity index (χ0) is 12.1. The molecular weight excluding hydrogens is 266 g/mol. The number of carbonyl (C=O) groups is 1. The Kier molecular flexibility index (Phi) is 5.00. The highest BCUT2D eigenvalue weighted by Gasteiger charge is 2.14. The molecule has 0 heterocycles. The van der Waals surface area contributed by atoms with Gasteiger partial charge in [-0.05, 0) is 31.9 Å². The van der Waals surface area contributed by atoms with Crippen LogP contribution in [-0.2, 0) is 0 Å². The average Bonchev–Trinajstić information content (AvgIpc) is 2.27. The van der Waals surface area contributed by atoms with E-state index < -0.39 is 0 Å². The molecule has 0 aromatic heterocycles. The predicted octanol–water partition coefficient (Wildman–Crippen LogP) is 3.14. The van der Waals surface area contributed by atoms with Gasteiger partial charge >= 0.3 is 0 Å². The molecular formula is C13H18BrNO. The molecule has 3 heteroatoms. The first kappa shape index (κ1) is 13.2. The molecule has 0 aliphatic carbocycles. The molecule has 0 bridgehead atoms. The van der Waals surface area contributed by atoms with Crippen LogP contribution in [0.4, 0.5) is 0 Å². The molecule has 0 aliphatic rings. The molecule has 0 saturated carbocycles. The Balaban J connectivity index is 2.66. The van der Waals surface area contributed by atoms with Crippen molar-refractivity contribution in [2.24, 2.45) is 5.92 Å². The molecule has 2 unspecified atom stereocenters. The Morgan fingerprint density at radius 1 is 1.44 bits per heavy atom. The van der Waals surface area contributed by atoms with Crippen molar-refractivity contribution < 1.29 is 4.79 Å². The second kappa shape index (κ2) is 6.04. The van der Waals surface area contributed by atoms with Gasteiger partial charge in [0.1, 0.15) is 0 Å². The maximum Gasteiger partial charge on any atom is 0.251 e. The van der Waals surface area contributed by atoms with E-state index in [2.05, 4.69) is 28.2 Å². The van der Waals surface area contributed by atoms with Crippen LogP contribution in [-0.4, -0.2) is 17.3 Å². The minimum Gasteiger partial charge on any atom is -0.349 e. The molecule has 0 fully saturated rings. The molecule has 16 heavy (non-hydrogen) atoms. The first-order valence-corrected chi connectivity index (χ1v) is 6.60. The van der Waals surface area contributed by atoms with Crippen molar-refractivity contribution in [3.05, 3.63) is 35.4 Å². The van der Waals surface area contributed by atoms with Gasteiger partial charge in [0.15, 0.2) is 0 Å². The summed E-state index contributed by atoms with van der Waals surface area (Å²) in [6, 6.07) is 7.81. The quantitative estimate of drug-likeness (QED) is 0.845. The molecule has 0 aliphatic heterocycles. The van der Waals surface area contributed by atoms with Gasteiger partial charge in [-0.2, -0.15) is 0 Å². The van der Waals surface area contributed by atoms with Crippen LogP contribution < -0.4 is 5.32 Å². The Labute approximate surface area is 106 Å². The van der Waals surface area contributed by atoms with Gasteiger partial charge in [0, 0.05) is 16.9 Å². The molecule has 1 amide bonds. The third kappa shape index (κ3) is 3.63. The fourth-order valence-corrected chi connectivity index (χ4v) is 1.91. The maximum absolute atomic E-state index is 11.9. The van der Waals surface area contributed by atoms with E-state index in [9.17, 15) is 4.79 Å². The lowest BCUT2D eigenvalue weighted by molar-refractivity contribution is 0.0931. The second-order valence-corrected chi connectivity index (χ2v) is 4.91. The van der Waals surface area contributed by atoms with Gasteiger partial charge in [-0.15, -0.1) is 0 Å². The van der Waals surface area contributed by atoms with Gasteiger partial charge in [0.05, 0.1) is 0 Å². The number of rotatable bonds is 4. The maximum atomic E-state index is 11.9. The van der Waals surface area contributed by atoms with Crippen LogP contribution in [0.1, 0.15) is 29.8 Å². The van der Waals surface area contributed by atoms with Crippen molar-refractivity contribution in [2.45, 2.75) is 26.8 Å². The standard InChI is InChI=1S/C13H18BrNO/c1-9-5-4-6-12(7-9)13(16)15-11(3)10(2)8-14/h4-7,10-11H,8H2,1-3H3,(H,15,16). The van der Waals surface area contributed by atoms with E-state index in [-0.39, 0.29) is 11.9 Å². The lowest BCUT2D eigenvalue weighted by Crippen LogP contribution is -2.37. The highest BCUT2D eigenvalue weighted by atomic mass is 79.9. The summed E-state index contributed by atoms with van der Waals surface area (Å²) >= 11 is 3.42. The Hall–Kier alpha value is -0.830. The van der Waals surface area contributed by atoms with Gasteiger partial charge in [-0.25, -0.2) is 0 Å². The predicted molar refractivity (Wildman–Crippen MR) is 71.1 cm³/mol. The van der Waals surface area contributed by atoms with Crippen molar-refractivity contribution in [3.8, 4) is 0 Å². The number of amides is 1. The molecule has 0 saturated heterocycles. The van der Waals surface area contributed by atoms with Crippen molar-refractivity contribution >= 4 is 21.8 Å². The van der Waals surface area contributed by atoms with Crippen molar-refractivity contribution in [2.75, 3.05) is 5.33 Å². The lowest BCUT2D eigenvalue weighted by Gasteiger charge is -2.19. The van der Waals surface area contributed by atoms with E-state index in [0.29, 0.717) is 5.92 Å². The molecule has 1 aromatic carbocycles. The van der Waals surface area contributed by atoms with Gasteiger partial charge < -0.3 is 5.32 Å². The lowest BCUT2D eigenvalue weighted by atomic mass is 10.1. The Morgan fingerprint density at radius 2 is 2.12 bits per heavy atom. The molecule has 1 N–H and O–H groups in total. The zero-order valence-corrected chi connectivity index (χ0v) is 11.5. The van der Waals surface area contributed by atoms with Crippen molar-refractivity contribution in [1.29, 1.82) is 0 Å². The van der Waals surface area contributed by atoms with Crippen LogP contribution in [0.2, 0.25) is 0 Å². The fraction of sp³-hybridized carbons (Fsp3) is 0.462. The molecule has 88 valence electrons. The van der Waals surface area contributed by atoms with Gasteiger partial charge in [0.25, 0.3) is 5.91 Å². The van der Waals surface area contributed by atoms with E-state index in [4.69, 9.17) is 0 Å². The SMILES string of the molecule is Cc1cccc(C(=O)NC(C)C(C)CBr)c1. The number of nitrogens with one attached hydrogen (secondary N) is 1. The number of benzene rings is 1. The average molecular weight is 284 g/mol. The smallest absolute Gasteiger partial charge is 0.251 e.